The number of nitrogens with one attached hydrogen (secondary N) is 2. The van der Waals surface area contributed by atoms with Gasteiger partial charge >= 0.3 is 0 Å². The van der Waals surface area contributed by atoms with Gasteiger partial charge in [-0.15, -0.1) is 0 Å². The molecular weight excluding hydrogens is 492 g/mol. The van der Waals surface area contributed by atoms with Gasteiger partial charge in [-0.1, -0.05) is 42.0 Å². The zero-order valence-electron chi connectivity index (χ0n) is 20.9. The Balaban J connectivity index is 1.39. The van der Waals surface area contributed by atoms with Gasteiger partial charge in [-0.3, -0.25) is 19.5 Å². The van der Waals surface area contributed by atoms with Crippen molar-refractivity contribution in [3.63, 3.8) is 0 Å². The monoisotopic (exact) mass is 522 g/mol. The topological polar surface area (TPSA) is 92.3 Å². The van der Waals surface area contributed by atoms with E-state index in [1.165, 1.54) is 0 Å². The average molecular weight is 523 g/mol. The molecule has 9 heteroatoms. The second kappa shape index (κ2) is 12.6. The highest BCUT2D eigenvalue weighted by Crippen LogP contribution is 2.34. The van der Waals surface area contributed by atoms with Crippen molar-refractivity contribution >= 4 is 34.9 Å². The molecule has 0 radical (unpaired) electrons. The van der Waals surface area contributed by atoms with Gasteiger partial charge in [0.15, 0.2) is 6.61 Å². The third kappa shape index (κ3) is 6.58. The van der Waals surface area contributed by atoms with E-state index in [1.54, 1.807) is 29.2 Å². The van der Waals surface area contributed by atoms with Gasteiger partial charge < -0.3 is 20.1 Å². The molecule has 2 atom stereocenters. The zero-order valence-corrected chi connectivity index (χ0v) is 21.7. The molecule has 2 aliphatic rings. The molecule has 1 aliphatic heterocycles. The molecule has 0 fully saturated rings. The van der Waals surface area contributed by atoms with Crippen LogP contribution in [0.4, 0.5) is 5.69 Å². The van der Waals surface area contributed by atoms with E-state index in [2.05, 4.69) is 10.6 Å². The SMILES string of the molecule is CCOc1ccccc1N1C(=O)C2=CC=CCC2N=C1C(C)NCCNC(=O)COc1ccc(Cl)cc1. The molecular formula is C28H31ClN4O4. The summed E-state index contributed by atoms with van der Waals surface area (Å²) in [5.74, 6) is 1.48. The van der Waals surface area contributed by atoms with Crippen LogP contribution in [0.25, 0.3) is 0 Å². The largest absolute Gasteiger partial charge is 0.492 e. The van der Waals surface area contributed by atoms with Crippen LogP contribution >= 0.6 is 11.6 Å². The number of benzene rings is 2. The molecule has 2 amide bonds. The highest BCUT2D eigenvalue weighted by Gasteiger charge is 2.37. The Kier molecular flexibility index (Phi) is 8.98. The van der Waals surface area contributed by atoms with Crippen LogP contribution in [0.1, 0.15) is 20.3 Å². The third-order valence-electron chi connectivity index (χ3n) is 5.97. The van der Waals surface area contributed by atoms with Gasteiger partial charge in [-0.25, -0.2) is 0 Å². The number of nitrogens with zero attached hydrogens (tertiary/aromatic N) is 2. The van der Waals surface area contributed by atoms with Gasteiger partial charge in [0.05, 0.1) is 24.4 Å². The third-order valence-corrected chi connectivity index (χ3v) is 6.22. The summed E-state index contributed by atoms with van der Waals surface area (Å²) in [6.45, 7) is 5.13. The molecule has 4 rings (SSSR count). The number of anilines is 1. The van der Waals surface area contributed by atoms with Crippen molar-refractivity contribution < 1.29 is 19.1 Å². The smallest absolute Gasteiger partial charge is 0.262 e. The highest BCUT2D eigenvalue weighted by molar-refractivity contribution is 6.30. The first-order valence-corrected chi connectivity index (χ1v) is 12.7. The maximum atomic E-state index is 13.6. The average Bonchev–Trinajstić information content (AvgIpc) is 2.91. The lowest BCUT2D eigenvalue weighted by molar-refractivity contribution is -0.123. The number of rotatable bonds is 11. The quantitative estimate of drug-likeness (QED) is 0.436. The number of ether oxygens (including phenoxy) is 2. The van der Waals surface area contributed by atoms with E-state index in [1.807, 2.05) is 56.3 Å². The molecule has 0 saturated heterocycles. The van der Waals surface area contributed by atoms with Crippen LogP contribution in [0.5, 0.6) is 11.5 Å². The lowest BCUT2D eigenvalue weighted by Crippen LogP contribution is -2.53. The molecule has 0 spiro atoms. The molecule has 2 aromatic rings. The molecule has 8 nitrogen and oxygen atoms in total. The van der Waals surface area contributed by atoms with E-state index in [9.17, 15) is 9.59 Å². The summed E-state index contributed by atoms with van der Waals surface area (Å²) in [7, 11) is 0. The number of para-hydroxylation sites is 2. The van der Waals surface area contributed by atoms with E-state index in [0.717, 1.165) is 0 Å². The number of aliphatic imine (C=N–C) groups is 1. The number of amides is 2. The van der Waals surface area contributed by atoms with Crippen LogP contribution in [0.2, 0.25) is 5.02 Å². The minimum absolute atomic E-state index is 0.0926. The Morgan fingerprint density at radius 3 is 2.73 bits per heavy atom. The van der Waals surface area contributed by atoms with Gasteiger partial charge in [-0.05, 0) is 56.7 Å². The first kappa shape index (κ1) is 26.4. The molecule has 0 bridgehead atoms. The van der Waals surface area contributed by atoms with Crippen LogP contribution in [0.3, 0.4) is 0 Å². The summed E-state index contributed by atoms with van der Waals surface area (Å²) < 4.78 is 11.3. The summed E-state index contributed by atoms with van der Waals surface area (Å²) in [6.07, 6.45) is 6.44. The Morgan fingerprint density at radius 2 is 1.95 bits per heavy atom. The lowest BCUT2D eigenvalue weighted by Gasteiger charge is -2.36. The normalized spacial score (nSPS) is 17.4. The van der Waals surface area contributed by atoms with E-state index in [4.69, 9.17) is 26.1 Å². The number of carbonyl (C=O) groups excluding carboxylic acids is 2. The van der Waals surface area contributed by atoms with Gasteiger partial charge in [0, 0.05) is 23.7 Å². The number of hydrogen-bond acceptors (Lipinski definition) is 6. The second-order valence-electron chi connectivity index (χ2n) is 8.60. The Labute approximate surface area is 222 Å². The van der Waals surface area contributed by atoms with Crippen LogP contribution in [-0.4, -0.2) is 56.0 Å². The van der Waals surface area contributed by atoms with Crippen molar-refractivity contribution in [3.8, 4) is 11.5 Å². The molecule has 194 valence electrons. The highest BCUT2D eigenvalue weighted by atomic mass is 35.5. The van der Waals surface area contributed by atoms with Gasteiger partial charge in [-0.2, -0.15) is 0 Å². The first-order chi connectivity index (χ1) is 18.0. The number of allylic oxidation sites excluding steroid dienone is 2. The van der Waals surface area contributed by atoms with Crippen LogP contribution in [0.15, 0.2) is 77.3 Å². The number of carbonyl (C=O) groups is 2. The summed E-state index contributed by atoms with van der Waals surface area (Å²) in [5, 5.41) is 6.82. The molecule has 1 aliphatic carbocycles. The molecule has 0 saturated carbocycles. The van der Waals surface area contributed by atoms with Crippen molar-refractivity contribution in [1.82, 2.24) is 10.6 Å². The number of fused-ring (bicyclic) bond motifs is 1. The molecule has 2 unspecified atom stereocenters. The molecule has 2 N–H and O–H groups in total. The van der Waals surface area contributed by atoms with Crippen molar-refractivity contribution in [2.75, 3.05) is 31.2 Å². The Hall–Kier alpha value is -3.62. The van der Waals surface area contributed by atoms with Gasteiger partial charge in [0.25, 0.3) is 11.8 Å². The van der Waals surface area contributed by atoms with Crippen molar-refractivity contribution in [2.45, 2.75) is 32.4 Å². The Bertz CT molecular complexity index is 1210. The summed E-state index contributed by atoms with van der Waals surface area (Å²) >= 11 is 5.86. The van der Waals surface area contributed by atoms with Crippen molar-refractivity contribution in [2.24, 2.45) is 4.99 Å². The fourth-order valence-electron chi connectivity index (χ4n) is 4.17. The Morgan fingerprint density at radius 1 is 1.16 bits per heavy atom. The number of hydrogen-bond donors (Lipinski definition) is 2. The number of halogens is 1. The standard InChI is InChI=1S/C28H31ClN4O4/c1-3-36-25-11-7-6-10-24(25)33-27(32-23-9-5-4-8-22(23)28(33)35)19(2)30-16-17-31-26(34)18-37-21-14-12-20(29)13-15-21/h4-8,10-15,19,23,30H,3,9,16-18H2,1-2H3,(H,31,34). The van der Waals surface area contributed by atoms with Crippen LogP contribution < -0.4 is 25.0 Å². The summed E-state index contributed by atoms with van der Waals surface area (Å²) in [6, 6.07) is 13.8. The predicted octanol–water partition coefficient (Wildman–Crippen LogP) is 3.91. The predicted molar refractivity (Wildman–Crippen MR) is 146 cm³/mol. The fourth-order valence-corrected chi connectivity index (χ4v) is 4.30. The lowest BCUT2D eigenvalue weighted by atomic mass is 9.95. The van der Waals surface area contributed by atoms with E-state index in [0.29, 0.717) is 59.7 Å². The number of amidine groups is 1. The van der Waals surface area contributed by atoms with Crippen molar-refractivity contribution in [3.05, 3.63) is 77.4 Å². The molecule has 37 heavy (non-hydrogen) atoms. The molecule has 2 aromatic carbocycles. The van der Waals surface area contributed by atoms with Gasteiger partial charge in [0.2, 0.25) is 0 Å². The first-order valence-electron chi connectivity index (χ1n) is 12.4. The minimum atomic E-state index is -0.256. The maximum Gasteiger partial charge on any atom is 0.262 e. The zero-order chi connectivity index (χ0) is 26.2. The van der Waals surface area contributed by atoms with Crippen LogP contribution in [-0.2, 0) is 9.59 Å². The maximum absolute atomic E-state index is 13.6. The fraction of sp³-hybridized carbons (Fsp3) is 0.321. The summed E-state index contributed by atoms with van der Waals surface area (Å²) in [4.78, 5) is 32.4. The van der Waals surface area contributed by atoms with E-state index in [-0.39, 0.29) is 30.5 Å². The van der Waals surface area contributed by atoms with Gasteiger partial charge in [0.1, 0.15) is 17.3 Å². The molecule has 1 heterocycles. The molecule has 0 aromatic heterocycles. The van der Waals surface area contributed by atoms with Crippen LogP contribution in [0, 0.1) is 0 Å². The van der Waals surface area contributed by atoms with Crippen molar-refractivity contribution in [1.29, 1.82) is 0 Å². The second-order valence-corrected chi connectivity index (χ2v) is 9.04. The van der Waals surface area contributed by atoms with E-state index < -0.39 is 0 Å². The summed E-state index contributed by atoms with van der Waals surface area (Å²) in [5.41, 5.74) is 1.32. The minimum Gasteiger partial charge on any atom is -0.492 e. The van der Waals surface area contributed by atoms with E-state index >= 15 is 0 Å².